The lowest BCUT2D eigenvalue weighted by molar-refractivity contribution is -0.126. The van der Waals surface area contributed by atoms with Crippen molar-refractivity contribution in [2.24, 2.45) is 13.0 Å². The number of nitrogens with zero attached hydrogens (tertiary/aromatic N) is 5. The second kappa shape index (κ2) is 5.89. The van der Waals surface area contributed by atoms with Crippen LogP contribution in [0.1, 0.15) is 24.0 Å². The largest absolute Gasteiger partial charge is 0.321 e. The summed E-state index contributed by atoms with van der Waals surface area (Å²) in [6.45, 7) is 0.195. The molecule has 1 saturated carbocycles. The van der Waals surface area contributed by atoms with Crippen molar-refractivity contribution in [1.29, 1.82) is 0 Å². The highest BCUT2D eigenvalue weighted by molar-refractivity contribution is 6.07. The van der Waals surface area contributed by atoms with Crippen molar-refractivity contribution < 1.29 is 13.6 Å². The van der Waals surface area contributed by atoms with Crippen molar-refractivity contribution in [3.05, 3.63) is 48.2 Å². The van der Waals surface area contributed by atoms with Crippen molar-refractivity contribution in [3.63, 3.8) is 0 Å². The first kappa shape index (κ1) is 16.7. The molecule has 3 heterocycles. The number of hydrogen-bond donors (Lipinski definition) is 0. The van der Waals surface area contributed by atoms with Gasteiger partial charge in [0.05, 0.1) is 12.4 Å². The van der Waals surface area contributed by atoms with E-state index < -0.39 is 11.8 Å². The van der Waals surface area contributed by atoms with Crippen molar-refractivity contribution in [3.8, 4) is 0 Å². The Labute approximate surface area is 149 Å². The van der Waals surface area contributed by atoms with Crippen LogP contribution < -0.4 is 0 Å². The molecule has 0 bridgehead atoms. The fourth-order valence-corrected chi connectivity index (χ4v) is 3.14. The maximum absolute atomic E-state index is 13.2. The highest BCUT2D eigenvalue weighted by Crippen LogP contribution is 2.49. The van der Waals surface area contributed by atoms with Crippen LogP contribution in [0.4, 0.5) is 8.78 Å². The Morgan fingerprint density at radius 2 is 1.85 bits per heavy atom. The van der Waals surface area contributed by atoms with E-state index in [0.29, 0.717) is 0 Å². The molecule has 26 heavy (non-hydrogen) atoms. The number of aromatic nitrogens is 4. The van der Waals surface area contributed by atoms with Gasteiger partial charge in [0.15, 0.2) is 0 Å². The molecule has 0 N–H and O–H groups in total. The van der Waals surface area contributed by atoms with Crippen LogP contribution in [0, 0.1) is 5.92 Å². The summed E-state index contributed by atoms with van der Waals surface area (Å²) in [5.74, 6) is -3.23. The third kappa shape index (κ3) is 3.07. The van der Waals surface area contributed by atoms with Gasteiger partial charge in [0.2, 0.25) is 5.91 Å². The average molecular weight is 359 g/mol. The van der Waals surface area contributed by atoms with E-state index in [1.807, 2.05) is 19.3 Å². The summed E-state index contributed by atoms with van der Waals surface area (Å²) in [6, 6.07) is 0. The fraction of sp³-hybridized carbons (Fsp3) is 0.389. The minimum atomic E-state index is -2.57. The van der Waals surface area contributed by atoms with Gasteiger partial charge in [-0.15, -0.1) is 0 Å². The van der Waals surface area contributed by atoms with Crippen molar-refractivity contribution in [2.75, 3.05) is 7.05 Å². The minimum absolute atomic E-state index is 0.0218. The Bertz CT molecular complexity index is 924. The molecule has 0 spiro atoms. The Morgan fingerprint density at radius 1 is 1.15 bits per heavy atom. The fourth-order valence-electron chi connectivity index (χ4n) is 3.14. The molecule has 2 aromatic heterocycles. The van der Waals surface area contributed by atoms with Crippen LogP contribution in [0.5, 0.6) is 0 Å². The molecule has 1 atom stereocenters. The number of alkyl halides is 2. The molecule has 0 saturated heterocycles. The highest BCUT2D eigenvalue weighted by Gasteiger charge is 2.56. The molecule has 136 valence electrons. The first-order chi connectivity index (χ1) is 12.3. The van der Waals surface area contributed by atoms with Crippen LogP contribution in [0.2, 0.25) is 0 Å². The standard InChI is InChI=1S/C18H19F2N5O/c1-23-11-16(13-7-22-25(9-13)10-14-5-18(14,19)20)15(3-4-17(23)26)12-6-21-24(2)8-12/h3,6-9,11,14H,4-5,10H2,1-2H3/t14-/m1/s1. The molecular weight excluding hydrogens is 340 g/mol. The topological polar surface area (TPSA) is 56.0 Å². The number of carbonyl (C=O) groups excluding carboxylic acids is 1. The zero-order valence-corrected chi connectivity index (χ0v) is 14.6. The Morgan fingerprint density at radius 3 is 2.50 bits per heavy atom. The molecule has 6 nitrogen and oxygen atoms in total. The minimum Gasteiger partial charge on any atom is -0.321 e. The number of allylic oxidation sites excluding steroid dienone is 2. The van der Waals surface area contributed by atoms with E-state index in [9.17, 15) is 13.6 Å². The molecule has 4 rings (SSSR count). The van der Waals surface area contributed by atoms with E-state index in [1.54, 1.807) is 46.1 Å². The quantitative estimate of drug-likeness (QED) is 0.843. The van der Waals surface area contributed by atoms with Crippen molar-refractivity contribution >= 4 is 17.1 Å². The second-order valence-electron chi connectivity index (χ2n) is 6.89. The predicted octanol–water partition coefficient (Wildman–Crippen LogP) is 2.56. The number of hydrogen-bond acceptors (Lipinski definition) is 3. The molecule has 0 unspecified atom stereocenters. The lowest BCUT2D eigenvalue weighted by Crippen LogP contribution is -2.19. The maximum atomic E-state index is 13.2. The lowest BCUT2D eigenvalue weighted by Gasteiger charge is -2.12. The maximum Gasteiger partial charge on any atom is 0.253 e. The van der Waals surface area contributed by atoms with Gasteiger partial charge in [0, 0.05) is 74.7 Å². The average Bonchev–Trinajstić information content (AvgIpc) is 2.95. The predicted molar refractivity (Wildman–Crippen MR) is 91.8 cm³/mol. The van der Waals surface area contributed by atoms with Gasteiger partial charge in [-0.25, -0.2) is 8.78 Å². The van der Waals surface area contributed by atoms with Crippen LogP contribution in [0.15, 0.2) is 37.1 Å². The van der Waals surface area contributed by atoms with Gasteiger partial charge in [-0.3, -0.25) is 14.2 Å². The highest BCUT2D eigenvalue weighted by atomic mass is 19.3. The summed E-state index contributed by atoms with van der Waals surface area (Å²) >= 11 is 0. The molecular formula is C18H19F2N5O. The van der Waals surface area contributed by atoms with Crippen molar-refractivity contribution in [2.45, 2.75) is 25.3 Å². The third-order valence-corrected chi connectivity index (χ3v) is 4.81. The normalized spacial score (nSPS) is 22.1. The van der Waals surface area contributed by atoms with Crippen LogP contribution in [-0.2, 0) is 18.4 Å². The van der Waals surface area contributed by atoms with Crippen LogP contribution >= 0.6 is 0 Å². The summed E-state index contributed by atoms with van der Waals surface area (Å²) in [5.41, 5.74) is 3.38. The molecule has 1 fully saturated rings. The van der Waals surface area contributed by atoms with E-state index in [0.717, 1.165) is 22.3 Å². The zero-order chi connectivity index (χ0) is 18.5. The molecule has 1 aliphatic carbocycles. The second-order valence-corrected chi connectivity index (χ2v) is 6.89. The van der Waals surface area contributed by atoms with Gasteiger partial charge >= 0.3 is 0 Å². The summed E-state index contributed by atoms with van der Waals surface area (Å²) in [4.78, 5) is 13.7. The van der Waals surface area contributed by atoms with Gasteiger partial charge in [0.25, 0.3) is 5.92 Å². The molecule has 2 aromatic rings. The molecule has 1 aliphatic heterocycles. The number of halogens is 2. The van der Waals surface area contributed by atoms with Gasteiger partial charge in [-0.05, 0) is 5.57 Å². The Hall–Kier alpha value is -2.77. The summed E-state index contributed by atoms with van der Waals surface area (Å²) in [6.07, 6.45) is 10.9. The van der Waals surface area contributed by atoms with E-state index in [4.69, 9.17) is 0 Å². The number of aryl methyl sites for hydroxylation is 1. The monoisotopic (exact) mass is 359 g/mol. The van der Waals surface area contributed by atoms with Crippen LogP contribution in [-0.4, -0.2) is 43.3 Å². The summed E-state index contributed by atoms with van der Waals surface area (Å²) < 4.78 is 29.6. The lowest BCUT2D eigenvalue weighted by atomic mass is 9.96. The molecule has 0 radical (unpaired) electrons. The first-order valence-corrected chi connectivity index (χ1v) is 8.41. The van der Waals surface area contributed by atoms with E-state index >= 15 is 0 Å². The summed E-state index contributed by atoms with van der Waals surface area (Å²) in [7, 11) is 3.53. The molecule has 0 aromatic carbocycles. The van der Waals surface area contributed by atoms with Crippen LogP contribution in [0.25, 0.3) is 11.1 Å². The van der Waals surface area contributed by atoms with E-state index in [-0.39, 0.29) is 25.3 Å². The number of rotatable bonds is 4. The summed E-state index contributed by atoms with van der Waals surface area (Å²) in [5, 5.41) is 8.44. The zero-order valence-electron chi connectivity index (χ0n) is 14.6. The van der Waals surface area contributed by atoms with Crippen LogP contribution in [0.3, 0.4) is 0 Å². The van der Waals surface area contributed by atoms with E-state index in [1.165, 1.54) is 0 Å². The third-order valence-electron chi connectivity index (χ3n) is 4.81. The van der Waals surface area contributed by atoms with E-state index in [2.05, 4.69) is 10.2 Å². The van der Waals surface area contributed by atoms with Gasteiger partial charge in [-0.1, -0.05) is 6.08 Å². The molecule has 1 amide bonds. The molecule has 2 aliphatic rings. The van der Waals surface area contributed by atoms with Gasteiger partial charge < -0.3 is 4.90 Å². The van der Waals surface area contributed by atoms with Gasteiger partial charge in [-0.2, -0.15) is 10.2 Å². The Balaban J connectivity index is 1.68. The SMILES string of the molecule is CN1C=C(c2cnn(C[C@H]3CC3(F)F)c2)C(c2cnn(C)c2)=CCC1=O. The number of carbonyl (C=O) groups is 1. The first-order valence-electron chi connectivity index (χ1n) is 8.41. The van der Waals surface area contributed by atoms with Crippen molar-refractivity contribution in [1.82, 2.24) is 24.5 Å². The molecule has 8 heteroatoms. The smallest absolute Gasteiger partial charge is 0.253 e. The number of amides is 1. The Kier molecular flexibility index (Phi) is 3.78. The van der Waals surface area contributed by atoms with Gasteiger partial charge in [0.1, 0.15) is 0 Å².